The molecule has 0 atom stereocenters. The summed E-state index contributed by atoms with van der Waals surface area (Å²) in [6.45, 7) is 0. The fourth-order valence-corrected chi connectivity index (χ4v) is 3.04. The Balaban J connectivity index is 1.54. The second kappa shape index (κ2) is 15.5. The van der Waals surface area contributed by atoms with E-state index in [2.05, 4.69) is 30.5 Å². The first-order valence-corrected chi connectivity index (χ1v) is 11.4. The molecule has 10 nitrogen and oxygen atoms in total. The lowest BCUT2D eigenvalue weighted by Gasteiger charge is -2.02. The average molecular weight is 495 g/mol. The van der Waals surface area contributed by atoms with Crippen LogP contribution >= 0.6 is 0 Å². The lowest BCUT2D eigenvalue weighted by atomic mass is 10.1. The zero-order valence-electron chi connectivity index (χ0n) is 20.4. The minimum Gasteiger partial charge on any atom is -0.465 e. The summed E-state index contributed by atoms with van der Waals surface area (Å²) in [6, 6.07) is 13.3. The van der Waals surface area contributed by atoms with Crippen LogP contribution in [0.2, 0.25) is 0 Å². The number of benzene rings is 2. The van der Waals surface area contributed by atoms with E-state index in [-0.39, 0.29) is 11.8 Å². The maximum absolute atomic E-state index is 11.9. The Kier molecular flexibility index (Phi) is 12.0. The number of ether oxygens (including phenoxy) is 2. The second-order valence-corrected chi connectivity index (χ2v) is 7.73. The molecule has 10 heteroatoms. The van der Waals surface area contributed by atoms with Gasteiger partial charge in [-0.05, 0) is 48.2 Å². The SMILES string of the molecule is COC(=O)c1ccc(C=NNC(=O)CCCCCCC(=O)NN=Cc2ccc(C(=O)OC)cc2)cc1. The molecule has 2 amide bonds. The number of hydrogen-bond acceptors (Lipinski definition) is 8. The van der Waals surface area contributed by atoms with Gasteiger partial charge in [-0.15, -0.1) is 0 Å². The van der Waals surface area contributed by atoms with E-state index in [0.717, 1.165) is 24.0 Å². The van der Waals surface area contributed by atoms with Crippen LogP contribution in [0.3, 0.4) is 0 Å². The lowest BCUT2D eigenvalue weighted by molar-refractivity contribution is -0.122. The van der Waals surface area contributed by atoms with E-state index in [1.807, 2.05) is 0 Å². The molecule has 0 fully saturated rings. The molecule has 0 aliphatic carbocycles. The molecule has 0 saturated heterocycles. The highest BCUT2D eigenvalue weighted by Crippen LogP contribution is 2.07. The van der Waals surface area contributed by atoms with Gasteiger partial charge in [0.05, 0.1) is 37.8 Å². The largest absolute Gasteiger partial charge is 0.465 e. The topological polar surface area (TPSA) is 136 Å². The smallest absolute Gasteiger partial charge is 0.337 e. The summed E-state index contributed by atoms with van der Waals surface area (Å²) in [5, 5.41) is 7.83. The van der Waals surface area contributed by atoms with Gasteiger partial charge in [-0.2, -0.15) is 10.2 Å². The molecule has 0 aromatic heterocycles. The van der Waals surface area contributed by atoms with Gasteiger partial charge >= 0.3 is 11.9 Å². The fourth-order valence-electron chi connectivity index (χ4n) is 3.04. The van der Waals surface area contributed by atoms with Crippen LogP contribution in [0.25, 0.3) is 0 Å². The van der Waals surface area contributed by atoms with Gasteiger partial charge < -0.3 is 9.47 Å². The van der Waals surface area contributed by atoms with Gasteiger partial charge in [0.2, 0.25) is 11.8 Å². The molecule has 2 rings (SSSR count). The Morgan fingerprint density at radius 3 is 1.33 bits per heavy atom. The molecule has 0 heterocycles. The molecule has 0 saturated carbocycles. The van der Waals surface area contributed by atoms with Crippen molar-refractivity contribution in [3.05, 3.63) is 70.8 Å². The molecule has 0 spiro atoms. The Morgan fingerprint density at radius 1 is 0.639 bits per heavy atom. The normalized spacial score (nSPS) is 10.8. The average Bonchev–Trinajstić information content (AvgIpc) is 2.90. The first-order chi connectivity index (χ1) is 17.4. The number of nitrogens with one attached hydrogen (secondary N) is 2. The third-order valence-corrected chi connectivity index (χ3v) is 5.03. The number of amides is 2. The van der Waals surface area contributed by atoms with Gasteiger partial charge in [-0.1, -0.05) is 37.1 Å². The standard InChI is InChI=1S/C26H30N4O6/c1-35-25(33)21-13-9-19(10-14-21)17-27-29-23(31)7-5-3-4-6-8-24(32)30-28-18-20-11-15-22(16-12-20)26(34)36-2/h9-18H,3-8H2,1-2H3,(H,29,31)(H,30,32). The minimum atomic E-state index is -0.415. The summed E-state index contributed by atoms with van der Waals surface area (Å²) in [4.78, 5) is 46.5. The molecular formula is C26H30N4O6. The maximum atomic E-state index is 11.9. The summed E-state index contributed by atoms with van der Waals surface area (Å²) in [6.07, 6.45) is 6.68. The monoisotopic (exact) mass is 494 g/mol. The van der Waals surface area contributed by atoms with Crippen LogP contribution in [-0.2, 0) is 19.1 Å². The summed E-state index contributed by atoms with van der Waals surface area (Å²) < 4.78 is 9.28. The molecule has 0 bridgehead atoms. The van der Waals surface area contributed by atoms with Crippen molar-refractivity contribution < 1.29 is 28.7 Å². The molecule has 0 aliphatic heterocycles. The van der Waals surface area contributed by atoms with Crippen LogP contribution in [0.15, 0.2) is 58.7 Å². The van der Waals surface area contributed by atoms with Crippen LogP contribution in [-0.4, -0.2) is 50.4 Å². The highest BCUT2D eigenvalue weighted by molar-refractivity contribution is 5.91. The zero-order valence-corrected chi connectivity index (χ0v) is 20.4. The summed E-state index contributed by atoms with van der Waals surface area (Å²) in [7, 11) is 2.64. The van der Waals surface area contributed by atoms with Crippen LogP contribution in [0.5, 0.6) is 0 Å². The van der Waals surface area contributed by atoms with Crippen molar-refractivity contribution in [2.45, 2.75) is 38.5 Å². The van der Waals surface area contributed by atoms with E-state index in [1.54, 1.807) is 48.5 Å². The van der Waals surface area contributed by atoms with Crippen LogP contribution in [0.1, 0.15) is 70.4 Å². The second-order valence-electron chi connectivity index (χ2n) is 7.73. The Morgan fingerprint density at radius 2 is 1.00 bits per heavy atom. The number of methoxy groups -OCH3 is 2. The van der Waals surface area contributed by atoms with Gasteiger partial charge in [0, 0.05) is 12.8 Å². The van der Waals surface area contributed by atoms with Gasteiger partial charge in [0.15, 0.2) is 0 Å². The van der Waals surface area contributed by atoms with Crippen molar-refractivity contribution in [1.82, 2.24) is 10.9 Å². The Hall–Kier alpha value is -4.34. The van der Waals surface area contributed by atoms with Crippen molar-refractivity contribution in [2.24, 2.45) is 10.2 Å². The van der Waals surface area contributed by atoms with Crippen molar-refractivity contribution in [2.75, 3.05) is 14.2 Å². The van der Waals surface area contributed by atoms with Crippen molar-refractivity contribution in [3.8, 4) is 0 Å². The Bertz CT molecular complexity index is 991. The molecular weight excluding hydrogens is 464 g/mol. The number of esters is 2. The highest BCUT2D eigenvalue weighted by atomic mass is 16.5. The van der Waals surface area contributed by atoms with Crippen molar-refractivity contribution in [1.29, 1.82) is 0 Å². The molecule has 36 heavy (non-hydrogen) atoms. The summed E-state index contributed by atoms with van der Waals surface area (Å²) >= 11 is 0. The maximum Gasteiger partial charge on any atom is 0.337 e. The van der Waals surface area contributed by atoms with Crippen LogP contribution in [0, 0.1) is 0 Å². The van der Waals surface area contributed by atoms with E-state index in [0.29, 0.717) is 36.8 Å². The molecule has 0 unspecified atom stereocenters. The summed E-state index contributed by atoms with van der Waals surface area (Å²) in [5.41, 5.74) is 7.30. The molecule has 190 valence electrons. The predicted molar refractivity (Wildman–Crippen MR) is 135 cm³/mol. The number of rotatable bonds is 13. The van der Waals surface area contributed by atoms with Crippen LogP contribution < -0.4 is 10.9 Å². The van der Waals surface area contributed by atoms with Gasteiger partial charge in [0.1, 0.15) is 0 Å². The number of hydrazone groups is 2. The van der Waals surface area contributed by atoms with Gasteiger partial charge in [0.25, 0.3) is 0 Å². The van der Waals surface area contributed by atoms with Crippen LogP contribution in [0.4, 0.5) is 0 Å². The minimum absolute atomic E-state index is 0.191. The summed E-state index contributed by atoms with van der Waals surface area (Å²) in [5.74, 6) is -1.21. The number of carbonyl (C=O) groups is 4. The van der Waals surface area contributed by atoms with Crippen molar-refractivity contribution >= 4 is 36.2 Å². The molecule has 0 radical (unpaired) electrons. The zero-order chi connectivity index (χ0) is 26.2. The number of unbranched alkanes of at least 4 members (excludes halogenated alkanes) is 3. The first-order valence-electron chi connectivity index (χ1n) is 11.4. The van der Waals surface area contributed by atoms with E-state index in [1.165, 1.54) is 26.6 Å². The Labute approximate surface area is 209 Å². The van der Waals surface area contributed by atoms with E-state index in [9.17, 15) is 19.2 Å². The first kappa shape index (κ1) is 27.9. The van der Waals surface area contributed by atoms with E-state index < -0.39 is 11.9 Å². The van der Waals surface area contributed by atoms with Gasteiger partial charge in [-0.3, -0.25) is 9.59 Å². The number of carbonyl (C=O) groups excluding carboxylic acids is 4. The van der Waals surface area contributed by atoms with Gasteiger partial charge in [-0.25, -0.2) is 20.4 Å². The van der Waals surface area contributed by atoms with Crippen molar-refractivity contribution in [3.63, 3.8) is 0 Å². The lowest BCUT2D eigenvalue weighted by Crippen LogP contribution is -2.17. The highest BCUT2D eigenvalue weighted by Gasteiger charge is 2.05. The molecule has 2 aromatic rings. The number of nitrogens with zero attached hydrogens (tertiary/aromatic N) is 2. The number of hydrogen-bond donors (Lipinski definition) is 2. The molecule has 0 aliphatic rings. The predicted octanol–water partition coefficient (Wildman–Crippen LogP) is 3.20. The molecule has 2 N–H and O–H groups in total. The molecule has 2 aromatic carbocycles. The third kappa shape index (κ3) is 10.3. The fraction of sp³-hybridized carbons (Fsp3) is 0.308. The third-order valence-electron chi connectivity index (χ3n) is 5.03. The quantitative estimate of drug-likeness (QED) is 0.190. The van der Waals surface area contributed by atoms with E-state index in [4.69, 9.17) is 0 Å². The van der Waals surface area contributed by atoms with E-state index >= 15 is 0 Å².